The molecule has 0 amide bonds. The van der Waals surface area contributed by atoms with Crippen LogP contribution in [0, 0.1) is 0 Å². The summed E-state index contributed by atoms with van der Waals surface area (Å²) in [5.41, 5.74) is 7.26. The lowest BCUT2D eigenvalue weighted by molar-refractivity contribution is 0.415. The summed E-state index contributed by atoms with van der Waals surface area (Å²) in [6.07, 6.45) is 2.05. The molecule has 108 valence electrons. The van der Waals surface area contributed by atoms with Crippen molar-refractivity contribution in [2.24, 2.45) is 5.10 Å². The molecule has 0 atom stereocenters. The maximum atomic E-state index is 5.16. The zero-order chi connectivity index (χ0) is 15.1. The second-order valence-electron chi connectivity index (χ2n) is 4.79. The van der Waals surface area contributed by atoms with Crippen LogP contribution in [0.15, 0.2) is 65.8 Å². The van der Waals surface area contributed by atoms with Gasteiger partial charge in [0.2, 0.25) is 0 Å². The van der Waals surface area contributed by atoms with Gasteiger partial charge in [-0.25, -0.2) is 0 Å². The number of benzene rings is 2. The number of hydrazone groups is 1. The minimum atomic E-state index is 0.864. The molecule has 1 N–H and O–H groups in total. The third-order valence-electron chi connectivity index (χ3n) is 3.11. The van der Waals surface area contributed by atoms with Gasteiger partial charge in [0.15, 0.2) is 0 Å². The van der Waals surface area contributed by atoms with E-state index in [-0.39, 0.29) is 0 Å². The van der Waals surface area contributed by atoms with E-state index in [9.17, 15) is 0 Å². The van der Waals surface area contributed by atoms with Crippen LogP contribution in [0.4, 0.5) is 5.69 Å². The summed E-state index contributed by atoms with van der Waals surface area (Å²) in [6.45, 7) is 4.05. The molecule has 0 aliphatic heterocycles. The molecule has 0 aliphatic rings. The van der Waals surface area contributed by atoms with E-state index < -0.39 is 0 Å². The fraction of sp³-hybridized carbons (Fsp3) is 0.167. The lowest BCUT2D eigenvalue weighted by Gasteiger charge is -2.05. The molecule has 0 saturated heterocycles. The van der Waals surface area contributed by atoms with Crippen molar-refractivity contribution in [1.29, 1.82) is 0 Å². The topological polar surface area (TPSA) is 33.6 Å². The summed E-state index contributed by atoms with van der Waals surface area (Å²) in [5, 5.41) is 4.36. The van der Waals surface area contributed by atoms with Gasteiger partial charge >= 0.3 is 0 Å². The van der Waals surface area contributed by atoms with Crippen LogP contribution in [0.5, 0.6) is 5.75 Å². The van der Waals surface area contributed by atoms with Crippen molar-refractivity contribution in [3.8, 4) is 5.75 Å². The zero-order valence-electron chi connectivity index (χ0n) is 12.6. The van der Waals surface area contributed by atoms with Gasteiger partial charge in [0.1, 0.15) is 5.75 Å². The van der Waals surface area contributed by atoms with Crippen LogP contribution in [0.3, 0.4) is 0 Å². The van der Waals surface area contributed by atoms with Crippen LogP contribution in [0.1, 0.15) is 19.4 Å². The molecule has 0 radical (unpaired) electrons. The Hall–Kier alpha value is -2.55. The molecule has 0 bridgehead atoms. The van der Waals surface area contributed by atoms with E-state index in [1.807, 2.05) is 61.5 Å². The Morgan fingerprint density at radius 3 is 2.29 bits per heavy atom. The average Bonchev–Trinajstić information content (AvgIpc) is 2.54. The maximum Gasteiger partial charge on any atom is 0.118 e. The molecule has 2 rings (SSSR count). The average molecular weight is 280 g/mol. The number of allylic oxidation sites excluding steroid dienone is 2. The number of rotatable bonds is 5. The molecule has 3 heteroatoms. The van der Waals surface area contributed by atoms with Gasteiger partial charge in [-0.3, -0.25) is 5.43 Å². The molecular weight excluding hydrogens is 260 g/mol. The number of nitrogens with zero attached hydrogens (tertiary/aromatic N) is 1. The predicted molar refractivity (Wildman–Crippen MR) is 89.8 cm³/mol. The smallest absolute Gasteiger partial charge is 0.118 e. The molecule has 0 fully saturated rings. The van der Waals surface area contributed by atoms with Gasteiger partial charge in [-0.15, -0.1) is 0 Å². The largest absolute Gasteiger partial charge is 0.497 e. The fourth-order valence-electron chi connectivity index (χ4n) is 1.95. The minimum absolute atomic E-state index is 0.864. The van der Waals surface area contributed by atoms with Crippen molar-refractivity contribution in [3.63, 3.8) is 0 Å². The highest BCUT2D eigenvalue weighted by molar-refractivity contribution is 5.99. The Labute approximate surface area is 126 Å². The Kier molecular flexibility index (Phi) is 5.16. The first-order chi connectivity index (χ1) is 10.2. The zero-order valence-corrected chi connectivity index (χ0v) is 12.6. The van der Waals surface area contributed by atoms with E-state index in [1.54, 1.807) is 7.11 Å². The van der Waals surface area contributed by atoms with Crippen molar-refractivity contribution in [2.75, 3.05) is 12.5 Å². The van der Waals surface area contributed by atoms with Gasteiger partial charge in [-0.1, -0.05) is 30.3 Å². The lowest BCUT2D eigenvalue weighted by atomic mass is 10.1. The molecule has 0 unspecified atom stereocenters. The van der Waals surface area contributed by atoms with E-state index in [1.165, 1.54) is 0 Å². The van der Waals surface area contributed by atoms with E-state index >= 15 is 0 Å². The first-order valence-corrected chi connectivity index (χ1v) is 6.87. The molecule has 2 aromatic carbocycles. The molecular formula is C18H20N2O. The Morgan fingerprint density at radius 1 is 1.00 bits per heavy atom. The lowest BCUT2D eigenvalue weighted by Crippen LogP contribution is -1.95. The van der Waals surface area contributed by atoms with Crippen molar-refractivity contribution in [3.05, 3.63) is 66.2 Å². The van der Waals surface area contributed by atoms with Gasteiger partial charge in [-0.05, 0) is 55.3 Å². The van der Waals surface area contributed by atoms with Gasteiger partial charge in [-0.2, -0.15) is 5.10 Å². The standard InChI is InChI=1S/C18H20N2O/c1-14(16-9-11-18(21-3)12-10-16)13-15(2)19-20-17-7-5-4-6-8-17/h4-13,20H,1-3H3. The summed E-state index contributed by atoms with van der Waals surface area (Å²) < 4.78 is 5.16. The predicted octanol–water partition coefficient (Wildman–Crippen LogP) is 4.59. The molecule has 0 aromatic heterocycles. The van der Waals surface area contributed by atoms with Crippen LogP contribution in [-0.2, 0) is 0 Å². The van der Waals surface area contributed by atoms with Crippen molar-refractivity contribution in [1.82, 2.24) is 0 Å². The van der Waals surface area contributed by atoms with E-state index in [2.05, 4.69) is 23.5 Å². The van der Waals surface area contributed by atoms with Crippen LogP contribution in [0.2, 0.25) is 0 Å². The van der Waals surface area contributed by atoms with Crippen LogP contribution < -0.4 is 10.2 Å². The van der Waals surface area contributed by atoms with Gasteiger partial charge < -0.3 is 4.74 Å². The first kappa shape index (κ1) is 14.9. The molecule has 3 nitrogen and oxygen atoms in total. The Bertz CT molecular complexity index is 628. The summed E-state index contributed by atoms with van der Waals surface area (Å²) in [4.78, 5) is 0. The second kappa shape index (κ2) is 7.29. The fourth-order valence-corrected chi connectivity index (χ4v) is 1.95. The van der Waals surface area contributed by atoms with E-state index in [4.69, 9.17) is 4.74 Å². The monoisotopic (exact) mass is 280 g/mol. The number of methoxy groups -OCH3 is 1. The number of hydrogen-bond acceptors (Lipinski definition) is 3. The molecule has 0 aliphatic carbocycles. The number of para-hydroxylation sites is 1. The van der Waals surface area contributed by atoms with Crippen LogP contribution >= 0.6 is 0 Å². The third-order valence-corrected chi connectivity index (χ3v) is 3.11. The SMILES string of the molecule is COc1ccc(C(C)=CC(C)=NNc2ccccc2)cc1. The van der Waals surface area contributed by atoms with E-state index in [0.29, 0.717) is 0 Å². The summed E-state index contributed by atoms with van der Waals surface area (Å²) in [7, 11) is 1.67. The van der Waals surface area contributed by atoms with Gasteiger partial charge in [0, 0.05) is 0 Å². The van der Waals surface area contributed by atoms with Crippen molar-refractivity contribution < 1.29 is 4.74 Å². The second-order valence-corrected chi connectivity index (χ2v) is 4.79. The summed E-state index contributed by atoms with van der Waals surface area (Å²) >= 11 is 0. The minimum Gasteiger partial charge on any atom is -0.497 e. The van der Waals surface area contributed by atoms with Gasteiger partial charge in [0.05, 0.1) is 18.5 Å². The molecule has 0 heterocycles. The highest BCUT2D eigenvalue weighted by Gasteiger charge is 1.97. The van der Waals surface area contributed by atoms with Crippen LogP contribution in [-0.4, -0.2) is 12.8 Å². The molecule has 2 aromatic rings. The quantitative estimate of drug-likeness (QED) is 0.642. The third kappa shape index (κ3) is 4.49. The summed E-state index contributed by atoms with van der Waals surface area (Å²) in [6, 6.07) is 17.9. The van der Waals surface area contributed by atoms with Gasteiger partial charge in [0.25, 0.3) is 0 Å². The molecule has 21 heavy (non-hydrogen) atoms. The number of nitrogens with one attached hydrogen (secondary N) is 1. The number of ether oxygens (including phenoxy) is 1. The van der Waals surface area contributed by atoms with Crippen molar-refractivity contribution >= 4 is 17.0 Å². The van der Waals surface area contributed by atoms with E-state index in [0.717, 1.165) is 28.3 Å². The highest BCUT2D eigenvalue weighted by atomic mass is 16.5. The van der Waals surface area contributed by atoms with Crippen molar-refractivity contribution in [2.45, 2.75) is 13.8 Å². The number of anilines is 1. The Balaban J connectivity index is 2.06. The summed E-state index contributed by atoms with van der Waals surface area (Å²) in [5.74, 6) is 0.864. The first-order valence-electron chi connectivity index (χ1n) is 6.87. The molecule has 0 spiro atoms. The maximum absolute atomic E-state index is 5.16. The Morgan fingerprint density at radius 2 is 1.67 bits per heavy atom. The number of hydrogen-bond donors (Lipinski definition) is 1. The van der Waals surface area contributed by atoms with Crippen LogP contribution in [0.25, 0.3) is 5.57 Å². The highest BCUT2D eigenvalue weighted by Crippen LogP contribution is 2.18. The normalized spacial score (nSPS) is 12.1. The molecule has 0 saturated carbocycles.